The molecule has 0 amide bonds. The summed E-state index contributed by atoms with van der Waals surface area (Å²) in [4.78, 5) is 12.8. The normalized spacial score (nSPS) is 17.4. The lowest BCUT2D eigenvalue weighted by atomic mass is 10.0. The molecule has 0 aliphatic carbocycles. The zero-order valence-electron chi connectivity index (χ0n) is 10.1. The van der Waals surface area contributed by atoms with Gasteiger partial charge in [-0.3, -0.25) is 0 Å². The molecule has 0 spiro atoms. The Morgan fingerprint density at radius 3 is 2.50 bits per heavy atom. The van der Waals surface area contributed by atoms with Crippen molar-refractivity contribution in [3.63, 3.8) is 0 Å². The van der Waals surface area contributed by atoms with Crippen LogP contribution >= 0.6 is 11.6 Å². The smallest absolute Gasteiger partial charge is 0.335 e. The number of halogens is 1. The number of hydrogen-bond acceptors (Lipinski definition) is 4. The highest BCUT2D eigenvalue weighted by molar-refractivity contribution is 6.33. The maximum atomic E-state index is 10.9. The van der Waals surface area contributed by atoms with E-state index in [4.69, 9.17) is 26.2 Å². The average molecular weight is 272 g/mol. The van der Waals surface area contributed by atoms with Crippen LogP contribution in [-0.2, 0) is 9.47 Å². The number of ether oxygens (including phenoxy) is 2. The Morgan fingerprint density at radius 2 is 2.00 bits per heavy atom. The van der Waals surface area contributed by atoms with Crippen molar-refractivity contribution in [1.82, 2.24) is 0 Å². The van der Waals surface area contributed by atoms with Crippen LogP contribution in [0.15, 0.2) is 18.2 Å². The van der Waals surface area contributed by atoms with Gasteiger partial charge in [-0.1, -0.05) is 11.6 Å². The van der Waals surface area contributed by atoms with Gasteiger partial charge in [-0.15, -0.1) is 0 Å². The third kappa shape index (κ3) is 2.16. The van der Waals surface area contributed by atoms with Crippen LogP contribution in [0, 0.1) is 0 Å². The summed E-state index contributed by atoms with van der Waals surface area (Å²) < 4.78 is 10.5. The van der Waals surface area contributed by atoms with E-state index in [9.17, 15) is 4.79 Å². The topological polar surface area (TPSA) is 59.0 Å². The van der Waals surface area contributed by atoms with Crippen LogP contribution in [0.4, 0.5) is 5.69 Å². The minimum Gasteiger partial charge on any atom is -0.478 e. The summed E-state index contributed by atoms with van der Waals surface area (Å²) in [6.07, 6.45) is 0. The number of nitrogens with zero attached hydrogens (tertiary/aromatic N) is 1. The van der Waals surface area contributed by atoms with Crippen molar-refractivity contribution < 1.29 is 19.4 Å². The van der Waals surface area contributed by atoms with Crippen molar-refractivity contribution in [2.45, 2.75) is 5.79 Å². The van der Waals surface area contributed by atoms with Gasteiger partial charge in [-0.2, -0.15) is 0 Å². The van der Waals surface area contributed by atoms with Crippen molar-refractivity contribution in [3.05, 3.63) is 28.8 Å². The Balaban J connectivity index is 2.21. The van der Waals surface area contributed by atoms with Crippen LogP contribution in [0.25, 0.3) is 0 Å². The van der Waals surface area contributed by atoms with Crippen LogP contribution in [0.2, 0.25) is 5.02 Å². The third-order valence-corrected chi connectivity index (χ3v) is 3.46. The van der Waals surface area contributed by atoms with Crippen molar-refractivity contribution in [2.24, 2.45) is 0 Å². The summed E-state index contributed by atoms with van der Waals surface area (Å²) in [6, 6.07) is 4.62. The van der Waals surface area contributed by atoms with Gasteiger partial charge in [0.15, 0.2) is 0 Å². The lowest BCUT2D eigenvalue weighted by Gasteiger charge is -2.49. The molecule has 1 aromatic carbocycles. The van der Waals surface area contributed by atoms with E-state index in [-0.39, 0.29) is 5.56 Å². The van der Waals surface area contributed by atoms with E-state index in [0.717, 1.165) is 0 Å². The predicted molar refractivity (Wildman–Crippen MR) is 67.4 cm³/mol. The van der Waals surface area contributed by atoms with Gasteiger partial charge >= 0.3 is 5.97 Å². The first-order valence-electron chi connectivity index (χ1n) is 5.39. The number of aromatic carboxylic acids is 1. The van der Waals surface area contributed by atoms with Gasteiger partial charge < -0.3 is 19.5 Å². The van der Waals surface area contributed by atoms with Crippen LogP contribution < -0.4 is 4.90 Å². The maximum absolute atomic E-state index is 10.9. The lowest BCUT2D eigenvalue weighted by molar-refractivity contribution is -0.219. The molecule has 2 rings (SSSR count). The van der Waals surface area contributed by atoms with Gasteiger partial charge in [0, 0.05) is 14.2 Å². The van der Waals surface area contributed by atoms with Gasteiger partial charge in [0.1, 0.15) is 0 Å². The molecule has 0 atom stereocenters. The van der Waals surface area contributed by atoms with E-state index >= 15 is 0 Å². The van der Waals surface area contributed by atoms with Crippen molar-refractivity contribution >= 4 is 23.3 Å². The highest BCUT2D eigenvalue weighted by atomic mass is 35.5. The van der Waals surface area contributed by atoms with Gasteiger partial charge in [0.25, 0.3) is 0 Å². The highest BCUT2D eigenvalue weighted by Gasteiger charge is 2.44. The molecule has 98 valence electrons. The molecule has 1 fully saturated rings. The maximum Gasteiger partial charge on any atom is 0.335 e. The fourth-order valence-electron chi connectivity index (χ4n) is 1.94. The first kappa shape index (κ1) is 13.1. The molecular weight excluding hydrogens is 258 g/mol. The van der Waals surface area contributed by atoms with Gasteiger partial charge in [0.05, 0.1) is 29.4 Å². The summed E-state index contributed by atoms with van der Waals surface area (Å²) in [5, 5.41) is 9.47. The van der Waals surface area contributed by atoms with E-state index in [2.05, 4.69) is 0 Å². The van der Waals surface area contributed by atoms with E-state index in [0.29, 0.717) is 23.8 Å². The number of carboxylic acids is 1. The second kappa shape index (κ2) is 4.76. The van der Waals surface area contributed by atoms with E-state index in [1.54, 1.807) is 26.4 Å². The molecule has 0 aromatic heterocycles. The molecule has 1 heterocycles. The number of carbonyl (C=O) groups is 1. The molecule has 0 unspecified atom stereocenters. The fourth-order valence-corrected chi connectivity index (χ4v) is 2.17. The van der Waals surface area contributed by atoms with Crippen LogP contribution in [0.1, 0.15) is 10.4 Å². The molecule has 1 aliphatic heterocycles. The Kier molecular flexibility index (Phi) is 3.47. The molecule has 0 saturated carbocycles. The molecule has 18 heavy (non-hydrogen) atoms. The average Bonchev–Trinajstić information content (AvgIpc) is 2.30. The summed E-state index contributed by atoms with van der Waals surface area (Å²) in [6.45, 7) is 1.03. The number of methoxy groups -OCH3 is 2. The SMILES string of the molecule is COC1(OC)CN(c2cc(C(=O)O)ccc2Cl)C1. The van der Waals surface area contributed by atoms with Crippen molar-refractivity contribution in [1.29, 1.82) is 0 Å². The first-order valence-corrected chi connectivity index (χ1v) is 5.77. The van der Waals surface area contributed by atoms with Crippen LogP contribution in [-0.4, -0.2) is 44.2 Å². The Hall–Kier alpha value is -1.30. The van der Waals surface area contributed by atoms with Gasteiger partial charge in [-0.05, 0) is 18.2 Å². The van der Waals surface area contributed by atoms with Crippen molar-refractivity contribution in [3.8, 4) is 0 Å². The highest BCUT2D eigenvalue weighted by Crippen LogP contribution is 2.35. The molecule has 1 aliphatic rings. The number of hydrogen-bond donors (Lipinski definition) is 1. The minimum atomic E-state index is -0.974. The molecule has 6 heteroatoms. The van der Waals surface area contributed by atoms with E-state index in [1.165, 1.54) is 6.07 Å². The minimum absolute atomic E-state index is 0.210. The zero-order valence-corrected chi connectivity index (χ0v) is 10.9. The lowest BCUT2D eigenvalue weighted by Crippen LogP contribution is -2.64. The third-order valence-electron chi connectivity index (χ3n) is 3.14. The van der Waals surface area contributed by atoms with Crippen LogP contribution in [0.3, 0.4) is 0 Å². The van der Waals surface area contributed by atoms with Gasteiger partial charge in [-0.25, -0.2) is 4.79 Å². The number of anilines is 1. The second-order valence-electron chi connectivity index (χ2n) is 4.15. The molecule has 1 aromatic rings. The van der Waals surface area contributed by atoms with Crippen molar-refractivity contribution in [2.75, 3.05) is 32.2 Å². The molecular formula is C12H14ClNO4. The standard InChI is InChI=1S/C12H14ClNO4/c1-17-12(18-2)6-14(7-12)10-5-8(11(15)16)3-4-9(10)13/h3-5H,6-7H2,1-2H3,(H,15,16). The van der Waals surface area contributed by atoms with Crippen LogP contribution in [0.5, 0.6) is 0 Å². The zero-order chi connectivity index (χ0) is 13.3. The largest absolute Gasteiger partial charge is 0.478 e. The summed E-state index contributed by atoms with van der Waals surface area (Å²) in [5.74, 6) is -1.60. The Labute approximate surface area is 110 Å². The number of rotatable bonds is 4. The quantitative estimate of drug-likeness (QED) is 0.847. The molecule has 5 nitrogen and oxygen atoms in total. The van der Waals surface area contributed by atoms with E-state index in [1.807, 2.05) is 4.90 Å². The Morgan fingerprint density at radius 1 is 1.39 bits per heavy atom. The first-order chi connectivity index (χ1) is 8.51. The second-order valence-corrected chi connectivity index (χ2v) is 4.55. The van der Waals surface area contributed by atoms with E-state index < -0.39 is 11.8 Å². The molecule has 1 N–H and O–H groups in total. The summed E-state index contributed by atoms with van der Waals surface area (Å²) in [5.41, 5.74) is 0.892. The molecule has 0 radical (unpaired) electrons. The predicted octanol–water partition coefficient (Wildman–Crippen LogP) is 1.85. The molecule has 1 saturated heterocycles. The number of benzene rings is 1. The summed E-state index contributed by atoms with van der Waals surface area (Å²) in [7, 11) is 3.16. The Bertz CT molecular complexity index is 465. The monoisotopic (exact) mass is 271 g/mol. The fraction of sp³-hybridized carbons (Fsp3) is 0.417. The van der Waals surface area contributed by atoms with Gasteiger partial charge in [0.2, 0.25) is 5.79 Å². The molecule has 0 bridgehead atoms. The summed E-state index contributed by atoms with van der Waals surface area (Å²) >= 11 is 6.07. The number of carboxylic acid groups (broad SMARTS) is 1.